The highest BCUT2D eigenvalue weighted by molar-refractivity contribution is 6.08. The van der Waals surface area contributed by atoms with E-state index in [-0.39, 0.29) is 0 Å². The molecule has 1 unspecified atom stereocenters. The minimum atomic E-state index is 0.444. The third kappa shape index (κ3) is 3.03. The molecule has 0 saturated heterocycles. The van der Waals surface area contributed by atoms with E-state index in [2.05, 4.69) is 125 Å². The molecule has 2 nitrogen and oxygen atoms in total. The number of hydrogen-bond acceptors (Lipinski definition) is 1. The van der Waals surface area contributed by atoms with Crippen LogP contribution in [0.25, 0.3) is 27.4 Å². The van der Waals surface area contributed by atoms with E-state index in [0.717, 1.165) is 19.5 Å². The summed E-state index contributed by atoms with van der Waals surface area (Å²) < 4.78 is 2.45. The molecule has 1 aliphatic carbocycles. The molecule has 34 heavy (non-hydrogen) atoms. The predicted octanol–water partition coefficient (Wildman–Crippen LogP) is 7.57. The van der Waals surface area contributed by atoms with E-state index in [1.165, 1.54) is 49.8 Å². The monoisotopic (exact) mass is 438 g/mol. The fraction of sp³-hybridized carbons (Fsp3) is 0.125. The van der Waals surface area contributed by atoms with Gasteiger partial charge in [-0.3, -0.25) is 0 Å². The lowest BCUT2D eigenvalue weighted by atomic mass is 9.96. The highest BCUT2D eigenvalue weighted by Crippen LogP contribution is 2.43. The third-order valence-corrected chi connectivity index (χ3v) is 7.43. The van der Waals surface area contributed by atoms with Gasteiger partial charge in [0.2, 0.25) is 0 Å². The van der Waals surface area contributed by atoms with Crippen molar-refractivity contribution >= 4 is 33.1 Å². The Bertz CT molecular complexity index is 1530. The zero-order valence-corrected chi connectivity index (χ0v) is 19.1. The van der Waals surface area contributed by atoms with Crippen LogP contribution in [0.4, 0.5) is 5.69 Å². The Morgan fingerprint density at radius 3 is 2.00 bits per heavy atom. The van der Waals surface area contributed by atoms with Crippen LogP contribution < -0.4 is 4.90 Å². The molecule has 4 aromatic carbocycles. The molecule has 164 valence electrons. The number of fused-ring (bicyclic) bond motifs is 6. The molecular weight excluding hydrogens is 412 g/mol. The van der Waals surface area contributed by atoms with Crippen LogP contribution in [0, 0.1) is 0 Å². The standard InChI is InChI=1S/C32H26N2/c1-5-13-29-25(9-1)26-10-2-6-14-30(26)33(29)21-23-17-19-24(20-18-23)22-34-31-15-7-3-11-27(31)28-12-4-8-16-32(28)34/h1-15,17-20,32H,16,21-22H2. The van der Waals surface area contributed by atoms with Crippen molar-refractivity contribution in [3.63, 3.8) is 0 Å². The Labute approximate surface area is 200 Å². The van der Waals surface area contributed by atoms with Gasteiger partial charge < -0.3 is 9.47 Å². The van der Waals surface area contributed by atoms with Gasteiger partial charge in [0.05, 0.1) is 6.04 Å². The molecule has 0 spiro atoms. The molecule has 0 saturated carbocycles. The van der Waals surface area contributed by atoms with Crippen LogP contribution in [-0.2, 0) is 13.1 Å². The summed E-state index contributed by atoms with van der Waals surface area (Å²) in [6.07, 6.45) is 7.87. The van der Waals surface area contributed by atoms with Gasteiger partial charge in [0.15, 0.2) is 0 Å². The quantitative estimate of drug-likeness (QED) is 0.281. The zero-order chi connectivity index (χ0) is 22.5. The Kier molecular flexibility index (Phi) is 4.44. The van der Waals surface area contributed by atoms with E-state index >= 15 is 0 Å². The minimum absolute atomic E-state index is 0.444. The molecule has 7 rings (SSSR count). The van der Waals surface area contributed by atoms with Crippen molar-refractivity contribution < 1.29 is 0 Å². The average molecular weight is 439 g/mol. The van der Waals surface area contributed by atoms with Crippen LogP contribution in [-0.4, -0.2) is 10.6 Å². The molecule has 2 heterocycles. The van der Waals surface area contributed by atoms with Crippen LogP contribution in [0.1, 0.15) is 23.1 Å². The summed E-state index contributed by atoms with van der Waals surface area (Å²) in [5.74, 6) is 0. The second-order valence-corrected chi connectivity index (χ2v) is 9.38. The normalized spacial score (nSPS) is 16.6. The maximum Gasteiger partial charge on any atom is 0.0587 e. The topological polar surface area (TPSA) is 8.17 Å². The average Bonchev–Trinajstić information content (AvgIpc) is 3.39. The lowest BCUT2D eigenvalue weighted by Crippen LogP contribution is -2.31. The van der Waals surface area contributed by atoms with Crippen molar-refractivity contribution in [2.45, 2.75) is 25.6 Å². The number of nitrogens with zero attached hydrogens (tertiary/aromatic N) is 2. The van der Waals surface area contributed by atoms with Crippen molar-refractivity contribution in [1.29, 1.82) is 0 Å². The second-order valence-electron chi connectivity index (χ2n) is 9.38. The summed E-state index contributed by atoms with van der Waals surface area (Å²) in [4.78, 5) is 2.58. The molecule has 1 atom stereocenters. The molecule has 2 heteroatoms. The van der Waals surface area contributed by atoms with E-state index < -0.39 is 0 Å². The van der Waals surface area contributed by atoms with Crippen LogP contribution >= 0.6 is 0 Å². The number of benzene rings is 4. The Morgan fingerprint density at radius 1 is 0.647 bits per heavy atom. The van der Waals surface area contributed by atoms with Crippen molar-refractivity contribution in [1.82, 2.24) is 4.57 Å². The largest absolute Gasteiger partial charge is 0.359 e. The van der Waals surface area contributed by atoms with Gasteiger partial charge >= 0.3 is 0 Å². The first-order valence-electron chi connectivity index (χ1n) is 12.1. The summed E-state index contributed by atoms with van der Waals surface area (Å²) in [5.41, 5.74) is 9.49. The van der Waals surface area contributed by atoms with Crippen LogP contribution in [0.2, 0.25) is 0 Å². The lowest BCUT2D eigenvalue weighted by Gasteiger charge is -2.28. The maximum atomic E-state index is 2.58. The van der Waals surface area contributed by atoms with Gasteiger partial charge in [-0.1, -0.05) is 97.1 Å². The third-order valence-electron chi connectivity index (χ3n) is 7.43. The minimum Gasteiger partial charge on any atom is -0.359 e. The fourth-order valence-corrected chi connectivity index (χ4v) is 5.82. The number of para-hydroxylation sites is 3. The number of aromatic nitrogens is 1. The van der Waals surface area contributed by atoms with Gasteiger partial charge in [0, 0.05) is 46.1 Å². The maximum absolute atomic E-state index is 2.58. The smallest absolute Gasteiger partial charge is 0.0587 e. The zero-order valence-electron chi connectivity index (χ0n) is 19.1. The van der Waals surface area contributed by atoms with Crippen molar-refractivity contribution in [3.8, 4) is 0 Å². The highest BCUT2D eigenvalue weighted by Gasteiger charge is 2.33. The Hall–Kier alpha value is -4.04. The molecule has 5 aromatic rings. The van der Waals surface area contributed by atoms with Crippen LogP contribution in [0.3, 0.4) is 0 Å². The molecule has 0 bridgehead atoms. The van der Waals surface area contributed by atoms with E-state index in [9.17, 15) is 0 Å². The lowest BCUT2D eigenvalue weighted by molar-refractivity contribution is 0.720. The van der Waals surface area contributed by atoms with Crippen LogP contribution in [0.5, 0.6) is 0 Å². The molecule has 0 fully saturated rings. The highest BCUT2D eigenvalue weighted by atomic mass is 15.2. The number of hydrogen-bond donors (Lipinski definition) is 0. The van der Waals surface area contributed by atoms with E-state index in [1.54, 1.807) is 0 Å². The number of rotatable bonds is 4. The molecule has 2 aliphatic rings. The van der Waals surface area contributed by atoms with Gasteiger partial charge in [-0.15, -0.1) is 0 Å². The van der Waals surface area contributed by atoms with Gasteiger partial charge in [0.1, 0.15) is 0 Å². The molecular formula is C32H26N2. The van der Waals surface area contributed by atoms with Gasteiger partial charge in [-0.25, -0.2) is 0 Å². The first-order chi connectivity index (χ1) is 16.9. The van der Waals surface area contributed by atoms with E-state index in [4.69, 9.17) is 0 Å². The van der Waals surface area contributed by atoms with Crippen LogP contribution in [0.15, 0.2) is 115 Å². The molecule has 0 amide bonds. The summed E-state index contributed by atoms with van der Waals surface area (Å²) >= 11 is 0. The molecule has 1 aromatic heterocycles. The Morgan fingerprint density at radius 2 is 1.26 bits per heavy atom. The van der Waals surface area contributed by atoms with Gasteiger partial charge in [0.25, 0.3) is 0 Å². The Balaban J connectivity index is 1.19. The SMILES string of the molecule is C1=CCC2C(=C1)c1ccccc1N2Cc1ccc(Cn2c3ccccc3c3ccccc32)cc1. The number of allylic oxidation sites excluding steroid dienone is 2. The number of anilines is 1. The molecule has 0 N–H and O–H groups in total. The molecule has 1 aliphatic heterocycles. The van der Waals surface area contributed by atoms with Crippen molar-refractivity contribution in [2.75, 3.05) is 4.90 Å². The fourth-order valence-electron chi connectivity index (χ4n) is 5.82. The van der Waals surface area contributed by atoms with E-state index in [1.807, 2.05) is 0 Å². The summed E-state index contributed by atoms with van der Waals surface area (Å²) in [6.45, 7) is 1.81. The van der Waals surface area contributed by atoms with E-state index in [0.29, 0.717) is 6.04 Å². The molecule has 0 radical (unpaired) electrons. The first-order valence-corrected chi connectivity index (χ1v) is 12.1. The summed E-state index contributed by atoms with van der Waals surface area (Å²) in [5, 5.41) is 2.65. The van der Waals surface area contributed by atoms with Crippen molar-refractivity contribution in [3.05, 3.63) is 132 Å². The van der Waals surface area contributed by atoms with Gasteiger partial charge in [-0.2, -0.15) is 0 Å². The van der Waals surface area contributed by atoms with Crippen molar-refractivity contribution in [2.24, 2.45) is 0 Å². The van der Waals surface area contributed by atoms with Gasteiger partial charge in [-0.05, 0) is 41.3 Å². The second kappa shape index (κ2) is 7.78. The first kappa shape index (κ1) is 19.4. The summed E-state index contributed by atoms with van der Waals surface area (Å²) in [7, 11) is 0. The summed E-state index contributed by atoms with van der Waals surface area (Å²) in [6, 6.07) is 36.0. The predicted molar refractivity (Wildman–Crippen MR) is 143 cm³/mol.